The molecule has 1 N–H and O–H groups in total. The van der Waals surface area contributed by atoms with Crippen LogP contribution in [0.15, 0.2) is 72.8 Å². The number of likely N-dealkylation sites (tertiary alicyclic amines) is 1. The number of carbonyl (C=O) groups is 3. The summed E-state index contributed by atoms with van der Waals surface area (Å²) in [5.74, 6) is -1.27. The lowest BCUT2D eigenvalue weighted by Gasteiger charge is -2.47. The van der Waals surface area contributed by atoms with Crippen molar-refractivity contribution in [2.45, 2.75) is 45.7 Å². The van der Waals surface area contributed by atoms with E-state index >= 15 is 0 Å². The Bertz CT molecular complexity index is 1280. The topological polar surface area (TPSA) is 69.7 Å². The number of amides is 3. The van der Waals surface area contributed by atoms with Gasteiger partial charge in [-0.1, -0.05) is 54.1 Å². The van der Waals surface area contributed by atoms with Crippen LogP contribution in [0, 0.1) is 19.7 Å². The lowest BCUT2D eigenvalue weighted by molar-refractivity contribution is -0.135. The van der Waals surface area contributed by atoms with Gasteiger partial charge in [0.2, 0.25) is 11.8 Å². The number of nitrogens with one attached hydrogen (secondary N) is 1. The molecule has 6 nitrogen and oxygen atoms in total. The predicted molar refractivity (Wildman–Crippen MR) is 142 cm³/mol. The van der Waals surface area contributed by atoms with Gasteiger partial charge in [0.1, 0.15) is 11.4 Å². The fraction of sp³-hybridized carbons (Fsp3) is 0.300. The molecule has 0 radical (unpaired) electrons. The molecule has 1 aliphatic heterocycles. The number of carbonyl (C=O) groups excluding carboxylic acids is 3. The van der Waals surface area contributed by atoms with Gasteiger partial charge in [-0.3, -0.25) is 19.3 Å². The molecule has 0 saturated carbocycles. The van der Waals surface area contributed by atoms with Gasteiger partial charge in [-0.05, 0) is 62.1 Å². The minimum Gasteiger partial charge on any atom is -0.350 e. The van der Waals surface area contributed by atoms with E-state index in [2.05, 4.69) is 5.32 Å². The van der Waals surface area contributed by atoms with Gasteiger partial charge in [-0.25, -0.2) is 4.39 Å². The first-order chi connectivity index (χ1) is 17.7. The minimum atomic E-state index is -1.32. The molecule has 0 aromatic heterocycles. The molecule has 1 aliphatic rings. The van der Waals surface area contributed by atoms with E-state index in [1.54, 1.807) is 36.1 Å². The van der Waals surface area contributed by atoms with E-state index in [1.807, 2.05) is 49.4 Å². The van der Waals surface area contributed by atoms with Gasteiger partial charge >= 0.3 is 0 Å². The maximum absolute atomic E-state index is 14.8. The number of anilines is 1. The van der Waals surface area contributed by atoms with Crippen LogP contribution in [0.5, 0.6) is 0 Å². The Hall–Kier alpha value is -4.00. The van der Waals surface area contributed by atoms with E-state index in [9.17, 15) is 18.8 Å². The summed E-state index contributed by atoms with van der Waals surface area (Å²) in [5, 5.41) is 3.02. The minimum absolute atomic E-state index is 0.0870. The Labute approximate surface area is 217 Å². The van der Waals surface area contributed by atoms with Gasteiger partial charge < -0.3 is 10.2 Å². The summed E-state index contributed by atoms with van der Waals surface area (Å²) in [6.07, 6.45) is 0.445. The highest BCUT2D eigenvalue weighted by Gasteiger charge is 2.49. The Morgan fingerprint density at radius 3 is 2.19 bits per heavy atom. The third-order valence-electron chi connectivity index (χ3n) is 7.10. The molecule has 7 heteroatoms. The Kier molecular flexibility index (Phi) is 7.71. The second-order valence-corrected chi connectivity index (χ2v) is 9.65. The molecule has 37 heavy (non-hydrogen) atoms. The summed E-state index contributed by atoms with van der Waals surface area (Å²) >= 11 is 0. The zero-order valence-electron chi connectivity index (χ0n) is 21.5. The van der Waals surface area contributed by atoms with E-state index < -0.39 is 17.3 Å². The number of hydrogen-bond acceptors (Lipinski definition) is 3. The van der Waals surface area contributed by atoms with Crippen LogP contribution in [-0.4, -0.2) is 41.2 Å². The monoisotopic (exact) mass is 501 g/mol. The molecule has 1 heterocycles. The SMILES string of the molecule is CC(=O)N1CCC(C(=O)NCc2ccccc2)(N(C(=O)c2ccc(C)cc2)c2ccc(C)c(F)c2)CC1. The molecule has 1 fully saturated rings. The highest BCUT2D eigenvalue weighted by Crippen LogP contribution is 2.36. The average Bonchev–Trinajstić information content (AvgIpc) is 2.90. The molecule has 0 unspecified atom stereocenters. The molecule has 0 aliphatic carbocycles. The first kappa shape index (κ1) is 26.1. The molecule has 0 bridgehead atoms. The van der Waals surface area contributed by atoms with Crippen molar-refractivity contribution in [3.63, 3.8) is 0 Å². The third-order valence-corrected chi connectivity index (χ3v) is 7.10. The quantitative estimate of drug-likeness (QED) is 0.528. The van der Waals surface area contributed by atoms with Crippen LogP contribution in [-0.2, 0) is 16.1 Å². The predicted octanol–water partition coefficient (Wildman–Crippen LogP) is 4.79. The van der Waals surface area contributed by atoms with E-state index in [4.69, 9.17) is 0 Å². The van der Waals surface area contributed by atoms with Crippen molar-refractivity contribution in [1.82, 2.24) is 10.2 Å². The van der Waals surface area contributed by atoms with Crippen molar-refractivity contribution < 1.29 is 18.8 Å². The molecule has 3 amide bonds. The van der Waals surface area contributed by atoms with Gasteiger partial charge in [0.15, 0.2) is 0 Å². The molecule has 3 aromatic rings. The highest BCUT2D eigenvalue weighted by molar-refractivity contribution is 6.11. The fourth-order valence-electron chi connectivity index (χ4n) is 4.79. The van der Waals surface area contributed by atoms with Crippen molar-refractivity contribution in [2.24, 2.45) is 0 Å². The van der Waals surface area contributed by atoms with E-state index in [0.717, 1.165) is 11.1 Å². The van der Waals surface area contributed by atoms with E-state index in [0.29, 0.717) is 29.9 Å². The highest BCUT2D eigenvalue weighted by atomic mass is 19.1. The molecule has 1 saturated heterocycles. The molecule has 3 aromatic carbocycles. The van der Waals surface area contributed by atoms with Crippen molar-refractivity contribution >= 4 is 23.4 Å². The van der Waals surface area contributed by atoms with Crippen LogP contribution in [0.4, 0.5) is 10.1 Å². The van der Waals surface area contributed by atoms with Crippen LogP contribution >= 0.6 is 0 Å². The number of hydrogen-bond donors (Lipinski definition) is 1. The van der Waals surface area contributed by atoms with Crippen LogP contribution in [0.1, 0.15) is 46.8 Å². The summed E-state index contributed by atoms with van der Waals surface area (Å²) < 4.78 is 14.8. The largest absolute Gasteiger partial charge is 0.350 e. The van der Waals surface area contributed by atoms with Crippen LogP contribution in [0.3, 0.4) is 0 Å². The van der Waals surface area contributed by atoms with Crippen molar-refractivity contribution in [3.8, 4) is 0 Å². The zero-order chi connectivity index (χ0) is 26.6. The number of rotatable bonds is 6. The maximum Gasteiger partial charge on any atom is 0.259 e. The maximum atomic E-state index is 14.8. The van der Waals surface area contributed by atoms with Crippen molar-refractivity contribution in [2.75, 3.05) is 18.0 Å². The number of benzene rings is 3. The fourth-order valence-corrected chi connectivity index (χ4v) is 4.79. The number of nitrogens with zero attached hydrogens (tertiary/aromatic N) is 2. The zero-order valence-corrected chi connectivity index (χ0v) is 21.5. The number of halogens is 1. The van der Waals surface area contributed by atoms with Gasteiger partial charge in [0.05, 0.1) is 0 Å². The van der Waals surface area contributed by atoms with Crippen LogP contribution in [0.25, 0.3) is 0 Å². The molecule has 192 valence electrons. The summed E-state index contributed by atoms with van der Waals surface area (Å²) in [6, 6.07) is 21.2. The van der Waals surface area contributed by atoms with Gasteiger partial charge in [-0.2, -0.15) is 0 Å². The van der Waals surface area contributed by atoms with Gasteiger partial charge in [0.25, 0.3) is 5.91 Å². The Morgan fingerprint density at radius 2 is 1.59 bits per heavy atom. The second kappa shape index (κ2) is 10.9. The lowest BCUT2D eigenvalue weighted by atomic mass is 9.83. The van der Waals surface area contributed by atoms with E-state index in [1.165, 1.54) is 17.9 Å². The third kappa shape index (κ3) is 5.56. The van der Waals surface area contributed by atoms with E-state index in [-0.39, 0.29) is 31.2 Å². The normalized spacial score (nSPS) is 14.6. The number of piperidine rings is 1. The number of aryl methyl sites for hydroxylation is 2. The molecular formula is C30H32FN3O3. The summed E-state index contributed by atoms with van der Waals surface area (Å²) in [4.78, 5) is 43.3. The molecular weight excluding hydrogens is 469 g/mol. The lowest BCUT2D eigenvalue weighted by Crippen LogP contribution is -2.65. The Morgan fingerprint density at radius 1 is 0.946 bits per heavy atom. The first-order valence-electron chi connectivity index (χ1n) is 12.5. The van der Waals surface area contributed by atoms with Gasteiger partial charge in [0, 0.05) is 37.8 Å². The average molecular weight is 502 g/mol. The standard InChI is InChI=1S/C30H32FN3O3/c1-21-9-12-25(13-10-21)28(36)34(26-14-11-22(2)27(31)19-26)30(15-17-33(18-16-30)23(3)35)29(37)32-20-24-7-5-4-6-8-24/h4-14,19H,15-18,20H2,1-3H3,(H,32,37). The summed E-state index contributed by atoms with van der Waals surface area (Å²) in [5.41, 5.74) is 1.75. The van der Waals surface area contributed by atoms with Crippen molar-refractivity contribution in [3.05, 3.63) is 101 Å². The van der Waals surface area contributed by atoms with Crippen LogP contribution < -0.4 is 10.2 Å². The Balaban J connectivity index is 1.80. The second-order valence-electron chi connectivity index (χ2n) is 9.65. The van der Waals surface area contributed by atoms with Crippen molar-refractivity contribution in [1.29, 1.82) is 0 Å². The first-order valence-corrected chi connectivity index (χ1v) is 12.5. The molecule has 4 rings (SSSR count). The summed E-state index contributed by atoms with van der Waals surface area (Å²) in [6.45, 7) is 5.97. The molecule has 0 atom stereocenters. The smallest absolute Gasteiger partial charge is 0.259 e. The van der Waals surface area contributed by atoms with Crippen LogP contribution in [0.2, 0.25) is 0 Å². The molecule has 0 spiro atoms. The van der Waals surface area contributed by atoms with Gasteiger partial charge in [-0.15, -0.1) is 0 Å². The summed E-state index contributed by atoms with van der Waals surface area (Å²) in [7, 11) is 0.